The smallest absolute Gasteiger partial charge is 0.163 e. The van der Waals surface area contributed by atoms with Crippen LogP contribution in [-0.2, 0) is 11.8 Å². The minimum atomic E-state index is 0.159. The summed E-state index contributed by atoms with van der Waals surface area (Å²) in [5.41, 5.74) is 9.98. The van der Waals surface area contributed by atoms with Gasteiger partial charge in [-0.2, -0.15) is 0 Å². The normalized spacial score (nSPS) is 12.7. The minimum absolute atomic E-state index is 0.159. The second-order valence-corrected chi connectivity index (χ2v) is 7.39. The Morgan fingerprint density at radius 3 is 2.24 bits per heavy atom. The van der Waals surface area contributed by atoms with Gasteiger partial charge in [-0.3, -0.25) is 0 Å². The quantitative estimate of drug-likeness (QED) is 0.795. The number of hydrogen-bond donors (Lipinski definition) is 1. The van der Waals surface area contributed by atoms with Crippen molar-refractivity contribution in [2.45, 2.75) is 45.4 Å². The van der Waals surface area contributed by atoms with E-state index in [0.29, 0.717) is 13.2 Å². The molecule has 3 nitrogen and oxygen atoms in total. The van der Waals surface area contributed by atoms with E-state index < -0.39 is 0 Å². The van der Waals surface area contributed by atoms with E-state index >= 15 is 0 Å². The summed E-state index contributed by atoms with van der Waals surface area (Å²) in [6, 6.07) is 14.9. The Bertz CT molecular complexity index is 671. The average Bonchev–Trinajstić information content (AvgIpc) is 2.59. The molecule has 1 unspecified atom stereocenters. The Morgan fingerprint density at radius 1 is 1.04 bits per heavy atom. The first kappa shape index (κ1) is 19.3. The Labute approximate surface area is 152 Å². The van der Waals surface area contributed by atoms with Gasteiger partial charge in [-0.05, 0) is 48.1 Å². The lowest BCUT2D eigenvalue weighted by molar-refractivity contribution is 0.309. The predicted octanol–water partition coefficient (Wildman–Crippen LogP) is 4.68. The molecule has 25 heavy (non-hydrogen) atoms. The zero-order valence-corrected chi connectivity index (χ0v) is 16.1. The molecule has 2 aromatic rings. The standard InChI is InChI=1S/C22H31NO2/c1-6-25-20-9-7-8-17(21(20)24-5)14-18(15-23)16-10-12-19(13-11-16)22(2,3)4/h7-13,18H,6,14-15,23H2,1-5H3. The molecule has 3 heteroatoms. The summed E-state index contributed by atoms with van der Waals surface area (Å²) in [6.07, 6.45) is 0.829. The molecule has 0 aromatic heterocycles. The van der Waals surface area contributed by atoms with Gasteiger partial charge in [0.05, 0.1) is 13.7 Å². The van der Waals surface area contributed by atoms with Crippen molar-refractivity contribution in [2.24, 2.45) is 5.73 Å². The summed E-state index contributed by atoms with van der Waals surface area (Å²) in [5.74, 6) is 1.86. The van der Waals surface area contributed by atoms with Gasteiger partial charge in [-0.15, -0.1) is 0 Å². The molecule has 1 atom stereocenters. The van der Waals surface area contributed by atoms with Crippen LogP contribution in [0.1, 0.15) is 50.3 Å². The van der Waals surface area contributed by atoms with Crippen LogP contribution in [0.2, 0.25) is 0 Å². The predicted molar refractivity (Wildman–Crippen MR) is 105 cm³/mol. The number of rotatable bonds is 7. The first-order valence-electron chi connectivity index (χ1n) is 8.99. The lowest BCUT2D eigenvalue weighted by Crippen LogP contribution is -2.16. The fourth-order valence-electron chi connectivity index (χ4n) is 3.08. The molecular formula is C22H31NO2. The maximum atomic E-state index is 6.09. The number of para-hydroxylation sites is 1. The van der Waals surface area contributed by atoms with E-state index in [1.807, 2.05) is 19.1 Å². The topological polar surface area (TPSA) is 44.5 Å². The van der Waals surface area contributed by atoms with E-state index in [4.69, 9.17) is 15.2 Å². The van der Waals surface area contributed by atoms with Gasteiger partial charge in [0.15, 0.2) is 11.5 Å². The average molecular weight is 341 g/mol. The van der Waals surface area contributed by atoms with Crippen LogP contribution >= 0.6 is 0 Å². The van der Waals surface area contributed by atoms with Crippen LogP contribution in [0.4, 0.5) is 0 Å². The van der Waals surface area contributed by atoms with E-state index in [0.717, 1.165) is 23.5 Å². The van der Waals surface area contributed by atoms with Gasteiger partial charge in [0.25, 0.3) is 0 Å². The molecule has 2 rings (SSSR count). The lowest BCUT2D eigenvalue weighted by atomic mass is 9.84. The Kier molecular flexibility index (Phi) is 6.49. The fourth-order valence-corrected chi connectivity index (χ4v) is 3.08. The highest BCUT2D eigenvalue weighted by Gasteiger charge is 2.18. The highest BCUT2D eigenvalue weighted by Crippen LogP contribution is 2.34. The van der Waals surface area contributed by atoms with E-state index in [2.05, 4.69) is 51.1 Å². The molecule has 0 fully saturated rings. The summed E-state index contributed by atoms with van der Waals surface area (Å²) in [7, 11) is 1.69. The van der Waals surface area contributed by atoms with Crippen molar-refractivity contribution in [1.29, 1.82) is 0 Å². The third-order valence-corrected chi connectivity index (χ3v) is 4.56. The summed E-state index contributed by atoms with van der Waals surface area (Å²) in [6.45, 7) is 9.88. The third kappa shape index (κ3) is 4.76. The van der Waals surface area contributed by atoms with Crippen molar-refractivity contribution in [3.63, 3.8) is 0 Å². The molecule has 0 aliphatic heterocycles. The molecule has 0 saturated carbocycles. The summed E-state index contributed by atoms with van der Waals surface area (Å²) >= 11 is 0. The van der Waals surface area contributed by atoms with Crippen molar-refractivity contribution >= 4 is 0 Å². The molecule has 0 radical (unpaired) electrons. The summed E-state index contributed by atoms with van der Waals surface area (Å²) in [5, 5.41) is 0. The maximum Gasteiger partial charge on any atom is 0.163 e. The van der Waals surface area contributed by atoms with Crippen LogP contribution < -0.4 is 15.2 Å². The Morgan fingerprint density at radius 2 is 1.72 bits per heavy atom. The maximum absolute atomic E-state index is 6.09. The zero-order valence-electron chi connectivity index (χ0n) is 16.1. The van der Waals surface area contributed by atoms with Gasteiger partial charge in [0, 0.05) is 5.92 Å². The van der Waals surface area contributed by atoms with Crippen molar-refractivity contribution in [1.82, 2.24) is 0 Å². The molecule has 0 aliphatic carbocycles. The number of hydrogen-bond acceptors (Lipinski definition) is 3. The molecule has 2 aromatic carbocycles. The number of ether oxygens (including phenoxy) is 2. The first-order valence-corrected chi connectivity index (χ1v) is 8.99. The number of nitrogens with two attached hydrogens (primary N) is 1. The van der Waals surface area contributed by atoms with Gasteiger partial charge in [-0.25, -0.2) is 0 Å². The SMILES string of the molecule is CCOc1cccc(CC(CN)c2ccc(C(C)(C)C)cc2)c1OC. The fraction of sp³-hybridized carbons (Fsp3) is 0.455. The Balaban J connectivity index is 2.26. The van der Waals surface area contributed by atoms with Crippen LogP contribution in [0.25, 0.3) is 0 Å². The third-order valence-electron chi connectivity index (χ3n) is 4.56. The van der Waals surface area contributed by atoms with Crippen LogP contribution in [-0.4, -0.2) is 20.3 Å². The lowest BCUT2D eigenvalue weighted by Gasteiger charge is -2.22. The second kappa shape index (κ2) is 8.39. The number of benzene rings is 2. The van der Waals surface area contributed by atoms with E-state index in [1.54, 1.807) is 7.11 Å². The van der Waals surface area contributed by atoms with Crippen LogP contribution in [0.15, 0.2) is 42.5 Å². The summed E-state index contributed by atoms with van der Waals surface area (Å²) < 4.78 is 11.3. The van der Waals surface area contributed by atoms with E-state index in [1.165, 1.54) is 11.1 Å². The molecule has 0 amide bonds. The molecule has 0 saturated heterocycles. The molecular weight excluding hydrogens is 310 g/mol. The van der Waals surface area contributed by atoms with Crippen molar-refractivity contribution in [3.05, 3.63) is 59.2 Å². The molecule has 0 aliphatic rings. The first-order chi connectivity index (χ1) is 11.9. The minimum Gasteiger partial charge on any atom is -0.493 e. The number of methoxy groups -OCH3 is 1. The van der Waals surface area contributed by atoms with Crippen LogP contribution in [0.3, 0.4) is 0 Å². The van der Waals surface area contributed by atoms with Gasteiger partial charge < -0.3 is 15.2 Å². The van der Waals surface area contributed by atoms with Crippen molar-refractivity contribution < 1.29 is 9.47 Å². The van der Waals surface area contributed by atoms with Gasteiger partial charge in [0.2, 0.25) is 0 Å². The molecule has 136 valence electrons. The molecule has 2 N–H and O–H groups in total. The molecule has 0 spiro atoms. The van der Waals surface area contributed by atoms with Crippen LogP contribution in [0.5, 0.6) is 11.5 Å². The second-order valence-electron chi connectivity index (χ2n) is 7.39. The molecule has 0 heterocycles. The van der Waals surface area contributed by atoms with Crippen molar-refractivity contribution in [2.75, 3.05) is 20.3 Å². The Hall–Kier alpha value is -2.00. The molecule has 0 bridgehead atoms. The van der Waals surface area contributed by atoms with E-state index in [9.17, 15) is 0 Å². The largest absolute Gasteiger partial charge is 0.493 e. The highest BCUT2D eigenvalue weighted by atomic mass is 16.5. The van der Waals surface area contributed by atoms with Gasteiger partial charge in [-0.1, -0.05) is 57.2 Å². The van der Waals surface area contributed by atoms with Crippen molar-refractivity contribution in [3.8, 4) is 11.5 Å². The summed E-state index contributed by atoms with van der Waals surface area (Å²) in [4.78, 5) is 0. The van der Waals surface area contributed by atoms with Gasteiger partial charge in [0.1, 0.15) is 0 Å². The zero-order chi connectivity index (χ0) is 18.4. The van der Waals surface area contributed by atoms with E-state index in [-0.39, 0.29) is 11.3 Å². The monoisotopic (exact) mass is 341 g/mol. The van der Waals surface area contributed by atoms with Crippen LogP contribution in [0, 0.1) is 0 Å². The highest BCUT2D eigenvalue weighted by molar-refractivity contribution is 5.47. The van der Waals surface area contributed by atoms with Gasteiger partial charge >= 0.3 is 0 Å².